The second-order valence-corrected chi connectivity index (χ2v) is 5.66. The summed E-state index contributed by atoms with van der Waals surface area (Å²) in [5.74, 6) is 0.396. The van der Waals surface area contributed by atoms with Crippen LogP contribution in [-0.4, -0.2) is 19.9 Å². The van der Waals surface area contributed by atoms with Crippen LogP contribution in [0.2, 0.25) is 0 Å². The molecule has 0 bridgehead atoms. The van der Waals surface area contributed by atoms with Crippen LogP contribution < -0.4 is 15.5 Å². The van der Waals surface area contributed by atoms with Gasteiger partial charge in [0.1, 0.15) is 5.75 Å². The summed E-state index contributed by atoms with van der Waals surface area (Å²) < 4.78 is 5.75. The summed E-state index contributed by atoms with van der Waals surface area (Å²) in [6.07, 6.45) is 3.06. The van der Waals surface area contributed by atoms with E-state index in [-0.39, 0.29) is 16.8 Å². The Balaban J connectivity index is 2.33. The van der Waals surface area contributed by atoms with E-state index in [0.29, 0.717) is 10.2 Å². The third kappa shape index (κ3) is 4.29. The molecule has 0 unspecified atom stereocenters. The Bertz CT molecular complexity index is 798. The molecule has 0 heterocycles. The highest BCUT2D eigenvalue weighted by molar-refractivity contribution is 9.10. The minimum Gasteiger partial charge on any atom is -0.497 e. The summed E-state index contributed by atoms with van der Waals surface area (Å²) in [7, 11) is 3.24. The number of halogens is 1. The van der Waals surface area contributed by atoms with Gasteiger partial charge in [-0.05, 0) is 42.0 Å². The maximum absolute atomic E-state index is 12.4. The average Bonchev–Trinajstić information content (AvgIpc) is 2.72. The minimum absolute atomic E-state index is 0.107. The Labute approximate surface area is 142 Å². The molecule has 0 amide bonds. The second-order valence-electron chi connectivity index (χ2n) is 4.74. The fourth-order valence-electron chi connectivity index (χ4n) is 1.99. The van der Waals surface area contributed by atoms with E-state index >= 15 is 0 Å². The van der Waals surface area contributed by atoms with Gasteiger partial charge in [0.05, 0.1) is 18.4 Å². The van der Waals surface area contributed by atoms with Crippen molar-refractivity contribution in [3.8, 4) is 5.75 Å². The molecule has 0 saturated carbocycles. The lowest BCUT2D eigenvalue weighted by Gasteiger charge is -1.99. The summed E-state index contributed by atoms with van der Waals surface area (Å²) in [6, 6.07) is 12.2. The molecule has 2 aromatic rings. The van der Waals surface area contributed by atoms with Crippen molar-refractivity contribution in [2.45, 2.75) is 0 Å². The molecule has 118 valence electrons. The van der Waals surface area contributed by atoms with Crippen molar-refractivity contribution in [3.05, 3.63) is 74.4 Å². The van der Waals surface area contributed by atoms with Crippen molar-refractivity contribution in [2.75, 3.05) is 19.5 Å². The summed E-state index contributed by atoms with van der Waals surface area (Å²) in [5.41, 5.74) is 0.996. The number of ether oxygens (including phenoxy) is 1. The van der Waals surface area contributed by atoms with Gasteiger partial charge in [-0.1, -0.05) is 34.1 Å². The first kappa shape index (κ1) is 17.0. The first-order valence-electron chi connectivity index (χ1n) is 6.93. The van der Waals surface area contributed by atoms with Crippen LogP contribution in [0.1, 0.15) is 15.9 Å². The molecule has 23 heavy (non-hydrogen) atoms. The lowest BCUT2D eigenvalue weighted by atomic mass is 10.1. The highest BCUT2D eigenvalue weighted by Gasteiger charge is 2.10. The minimum atomic E-state index is -0.348. The maximum Gasteiger partial charge on any atom is 0.212 e. The normalized spacial score (nSPS) is 10.6. The molecule has 0 aromatic heterocycles. The number of hydrogen-bond acceptors (Lipinski definition) is 4. The van der Waals surface area contributed by atoms with Crippen molar-refractivity contribution < 1.29 is 9.53 Å². The molecule has 0 atom stereocenters. The molecule has 0 aliphatic heterocycles. The molecule has 0 spiro atoms. The topological polar surface area (TPSA) is 55.4 Å². The van der Waals surface area contributed by atoms with Crippen LogP contribution in [0.15, 0.2) is 57.8 Å². The van der Waals surface area contributed by atoms with Gasteiger partial charge >= 0.3 is 0 Å². The number of benzene rings is 1. The third-order valence-electron chi connectivity index (χ3n) is 3.26. The van der Waals surface area contributed by atoms with Crippen LogP contribution in [0.4, 0.5) is 5.69 Å². The first-order valence-corrected chi connectivity index (χ1v) is 7.72. The van der Waals surface area contributed by atoms with Crippen molar-refractivity contribution in [2.24, 2.45) is 0 Å². The molecule has 5 heteroatoms. The number of carbonyl (C=O) groups excluding carboxylic acids is 1. The van der Waals surface area contributed by atoms with Crippen LogP contribution in [0.5, 0.6) is 5.75 Å². The molecule has 2 rings (SSSR count). The van der Waals surface area contributed by atoms with Crippen molar-refractivity contribution in [1.82, 2.24) is 0 Å². The highest BCUT2D eigenvalue weighted by Crippen LogP contribution is 2.14. The largest absolute Gasteiger partial charge is 0.497 e. The predicted molar refractivity (Wildman–Crippen MR) is 96.3 cm³/mol. The first-order chi connectivity index (χ1) is 11.0. The Kier molecular flexibility index (Phi) is 5.71. The molecular formula is C18H16BrNO3. The molecular weight excluding hydrogens is 358 g/mol. The van der Waals surface area contributed by atoms with E-state index in [0.717, 1.165) is 11.3 Å². The number of anilines is 1. The van der Waals surface area contributed by atoms with Gasteiger partial charge in [0.25, 0.3) is 0 Å². The Morgan fingerprint density at radius 3 is 2.48 bits per heavy atom. The maximum atomic E-state index is 12.4. The number of hydrogen-bond donors (Lipinski definition) is 1. The fourth-order valence-corrected chi connectivity index (χ4v) is 2.35. The van der Waals surface area contributed by atoms with Crippen molar-refractivity contribution in [1.29, 1.82) is 0 Å². The fraction of sp³-hybridized carbons (Fsp3) is 0.111. The summed E-state index contributed by atoms with van der Waals surface area (Å²) in [4.78, 5) is 24.7. The second kappa shape index (κ2) is 7.74. The third-order valence-corrected chi connectivity index (χ3v) is 3.75. The summed E-state index contributed by atoms with van der Waals surface area (Å²) in [6.45, 7) is 0. The van der Waals surface area contributed by atoms with E-state index in [4.69, 9.17) is 4.74 Å². The van der Waals surface area contributed by atoms with Crippen LogP contribution in [0.3, 0.4) is 0 Å². The van der Waals surface area contributed by atoms with E-state index in [9.17, 15) is 9.59 Å². The van der Waals surface area contributed by atoms with Gasteiger partial charge in [-0.25, -0.2) is 0 Å². The number of methoxy groups -OCH3 is 1. The summed E-state index contributed by atoms with van der Waals surface area (Å²) in [5, 5.41) is 2.80. The van der Waals surface area contributed by atoms with E-state index in [2.05, 4.69) is 21.2 Å². The number of nitrogens with one attached hydrogen (secondary N) is 1. The van der Waals surface area contributed by atoms with Crippen molar-refractivity contribution >= 4 is 33.5 Å². The van der Waals surface area contributed by atoms with Crippen molar-refractivity contribution in [3.63, 3.8) is 0 Å². The standard InChI is InChI=1S/C18H16BrNO3/c1-20-16-9-6-13(19)11-15(18(16)22)17(21)10-5-12-3-7-14(23-2)8-4-12/h3-11H,1-2H3,(H,20,22)/b10-5+. The highest BCUT2D eigenvalue weighted by atomic mass is 79.9. The van der Waals surface area contributed by atoms with Gasteiger partial charge in [0.15, 0.2) is 5.78 Å². The molecule has 0 aliphatic rings. The smallest absolute Gasteiger partial charge is 0.212 e. The summed E-state index contributed by atoms with van der Waals surface area (Å²) >= 11 is 3.31. The van der Waals surface area contributed by atoms with Crippen LogP contribution in [-0.2, 0) is 0 Å². The Morgan fingerprint density at radius 1 is 1.17 bits per heavy atom. The van der Waals surface area contributed by atoms with Gasteiger partial charge < -0.3 is 10.1 Å². The molecule has 0 radical (unpaired) electrons. The Morgan fingerprint density at radius 2 is 1.87 bits per heavy atom. The number of ketones is 1. The van der Waals surface area contributed by atoms with E-state index in [1.54, 1.807) is 44.5 Å². The Hall–Kier alpha value is -2.40. The SMILES string of the molecule is CNc1ccc(Br)cc(C(=O)/C=C/c2ccc(OC)cc2)c1=O. The predicted octanol–water partition coefficient (Wildman–Crippen LogP) is 3.76. The zero-order valence-corrected chi connectivity index (χ0v) is 14.4. The zero-order valence-electron chi connectivity index (χ0n) is 12.8. The van der Waals surface area contributed by atoms with E-state index < -0.39 is 0 Å². The van der Waals surface area contributed by atoms with Crippen LogP contribution in [0.25, 0.3) is 6.08 Å². The van der Waals surface area contributed by atoms with E-state index in [1.165, 1.54) is 12.1 Å². The molecule has 0 saturated heterocycles. The van der Waals surface area contributed by atoms with Gasteiger partial charge in [-0.15, -0.1) is 0 Å². The van der Waals surface area contributed by atoms with Gasteiger partial charge in [-0.2, -0.15) is 0 Å². The molecule has 2 aromatic carbocycles. The average molecular weight is 374 g/mol. The van der Waals surface area contributed by atoms with Gasteiger partial charge in [-0.3, -0.25) is 9.59 Å². The number of allylic oxidation sites excluding steroid dienone is 1. The zero-order chi connectivity index (χ0) is 16.8. The van der Waals surface area contributed by atoms with Gasteiger partial charge in [0, 0.05) is 11.5 Å². The molecule has 0 aliphatic carbocycles. The molecule has 1 N–H and O–H groups in total. The van der Waals surface area contributed by atoms with Crippen LogP contribution >= 0.6 is 15.9 Å². The molecule has 4 nitrogen and oxygen atoms in total. The molecule has 0 fully saturated rings. The lowest BCUT2D eigenvalue weighted by molar-refractivity contribution is 0.104. The van der Waals surface area contributed by atoms with Gasteiger partial charge in [0.2, 0.25) is 5.43 Å². The van der Waals surface area contributed by atoms with E-state index in [1.807, 2.05) is 12.1 Å². The number of carbonyl (C=O) groups is 1. The lowest BCUT2D eigenvalue weighted by Crippen LogP contribution is -2.14. The number of rotatable bonds is 5. The van der Waals surface area contributed by atoms with Crippen LogP contribution in [0, 0.1) is 0 Å². The quantitative estimate of drug-likeness (QED) is 0.640. The monoisotopic (exact) mass is 373 g/mol.